The molecule has 1 aliphatic rings. The molecule has 0 radical (unpaired) electrons. The third kappa shape index (κ3) is 3.19. The molecule has 0 aromatic heterocycles. The third-order valence-corrected chi connectivity index (χ3v) is 8.40. The van der Waals surface area contributed by atoms with Crippen molar-refractivity contribution >= 4 is 60.6 Å². The van der Waals surface area contributed by atoms with Crippen LogP contribution >= 0.6 is 46.4 Å². The van der Waals surface area contributed by atoms with Gasteiger partial charge in [0.25, 0.3) is 0 Å². The zero-order valence-electron chi connectivity index (χ0n) is 11.7. The molecule has 2 aromatic rings. The molecule has 0 bridgehead atoms. The van der Waals surface area contributed by atoms with Crippen LogP contribution in [0, 0.1) is 0 Å². The van der Waals surface area contributed by atoms with E-state index < -0.39 is 9.04 Å². The lowest BCUT2D eigenvalue weighted by Gasteiger charge is -2.24. The highest BCUT2D eigenvalue weighted by Gasteiger charge is 2.24. The van der Waals surface area contributed by atoms with Gasteiger partial charge in [-0.25, -0.2) is 0 Å². The van der Waals surface area contributed by atoms with Crippen LogP contribution in [0.1, 0.15) is 12.8 Å². The predicted molar refractivity (Wildman–Crippen MR) is 98.7 cm³/mol. The van der Waals surface area contributed by atoms with Crippen LogP contribution in [0.4, 0.5) is 0 Å². The van der Waals surface area contributed by atoms with Gasteiger partial charge in [-0.05, 0) is 29.3 Å². The molecule has 1 atom stereocenters. The zero-order chi connectivity index (χ0) is 15.7. The van der Waals surface area contributed by atoms with Gasteiger partial charge < -0.3 is 4.43 Å². The minimum Gasteiger partial charge on any atom is -0.415 e. The standard InChI is InChI=1S/C16H14Cl4OSi/c17-12-9-11(14(18)16(20)15(12)19)10-5-1-2-6-13(10)22-8-4-3-7-21-22/h1-2,5-6,9,22H,3-4,7-8H2. The Kier molecular flexibility index (Phi) is 5.38. The highest BCUT2D eigenvalue weighted by Crippen LogP contribution is 2.42. The first-order valence-corrected chi connectivity index (χ1v) is 10.5. The summed E-state index contributed by atoms with van der Waals surface area (Å²) in [6.45, 7) is 0.848. The van der Waals surface area contributed by atoms with Crippen molar-refractivity contribution in [2.75, 3.05) is 6.61 Å². The highest BCUT2D eigenvalue weighted by molar-refractivity contribution is 6.69. The molecule has 2 aromatic carbocycles. The Hall–Kier alpha value is -0.223. The maximum atomic E-state index is 6.42. The minimum atomic E-state index is -1.44. The molecule has 1 saturated heterocycles. The van der Waals surface area contributed by atoms with Crippen LogP contribution in [0.25, 0.3) is 11.1 Å². The molecule has 116 valence electrons. The molecule has 1 fully saturated rings. The average molecular weight is 392 g/mol. The SMILES string of the molecule is Clc1cc(-c2ccccc2[SiH]2CCCCO2)c(Cl)c(Cl)c1Cl. The second-order valence-corrected chi connectivity index (χ2v) is 9.34. The monoisotopic (exact) mass is 390 g/mol. The van der Waals surface area contributed by atoms with Gasteiger partial charge in [0, 0.05) is 12.2 Å². The largest absolute Gasteiger partial charge is 0.415 e. The van der Waals surface area contributed by atoms with E-state index in [0.717, 1.165) is 30.2 Å². The Morgan fingerprint density at radius 2 is 1.64 bits per heavy atom. The van der Waals surface area contributed by atoms with Crippen molar-refractivity contribution in [3.63, 3.8) is 0 Å². The van der Waals surface area contributed by atoms with E-state index in [0.29, 0.717) is 20.1 Å². The van der Waals surface area contributed by atoms with E-state index in [2.05, 4.69) is 6.07 Å². The first kappa shape index (κ1) is 16.6. The molecular weight excluding hydrogens is 378 g/mol. The second kappa shape index (κ2) is 7.12. The van der Waals surface area contributed by atoms with Crippen molar-refractivity contribution in [3.05, 3.63) is 50.4 Å². The van der Waals surface area contributed by atoms with Gasteiger partial charge in [-0.2, -0.15) is 0 Å². The van der Waals surface area contributed by atoms with Crippen molar-refractivity contribution < 1.29 is 4.43 Å². The fourth-order valence-corrected chi connectivity index (χ4v) is 6.37. The van der Waals surface area contributed by atoms with Crippen LogP contribution in [0.2, 0.25) is 26.1 Å². The van der Waals surface area contributed by atoms with Crippen molar-refractivity contribution in [2.45, 2.75) is 18.9 Å². The highest BCUT2D eigenvalue weighted by atomic mass is 35.5. The number of halogens is 4. The van der Waals surface area contributed by atoms with Gasteiger partial charge in [-0.3, -0.25) is 0 Å². The topological polar surface area (TPSA) is 9.23 Å². The molecule has 0 aliphatic carbocycles. The van der Waals surface area contributed by atoms with Gasteiger partial charge >= 0.3 is 0 Å². The van der Waals surface area contributed by atoms with E-state index >= 15 is 0 Å². The maximum Gasteiger partial charge on any atom is 0.208 e. The lowest BCUT2D eigenvalue weighted by molar-refractivity contribution is 0.294. The van der Waals surface area contributed by atoms with Gasteiger partial charge in [0.15, 0.2) is 0 Å². The first-order chi connectivity index (χ1) is 10.6. The van der Waals surface area contributed by atoms with Crippen molar-refractivity contribution in [1.29, 1.82) is 0 Å². The Balaban J connectivity index is 2.13. The molecule has 0 saturated carbocycles. The lowest BCUT2D eigenvalue weighted by atomic mass is 10.1. The second-order valence-electron chi connectivity index (χ2n) is 5.29. The zero-order valence-corrected chi connectivity index (χ0v) is 15.9. The summed E-state index contributed by atoms with van der Waals surface area (Å²) in [5.74, 6) is 0. The summed E-state index contributed by atoms with van der Waals surface area (Å²) in [6, 6.07) is 11.1. The summed E-state index contributed by atoms with van der Waals surface area (Å²) in [6.07, 6.45) is 2.37. The molecule has 0 N–H and O–H groups in total. The Bertz CT molecular complexity index is 699. The van der Waals surface area contributed by atoms with Crippen LogP contribution in [0.3, 0.4) is 0 Å². The quantitative estimate of drug-likeness (QED) is 0.362. The van der Waals surface area contributed by atoms with Gasteiger partial charge in [0.1, 0.15) is 0 Å². The van der Waals surface area contributed by atoms with Gasteiger partial charge in [0.2, 0.25) is 9.04 Å². The predicted octanol–water partition coefficient (Wildman–Crippen LogP) is 5.71. The Morgan fingerprint density at radius 1 is 0.864 bits per heavy atom. The molecule has 22 heavy (non-hydrogen) atoms. The minimum absolute atomic E-state index is 0.292. The van der Waals surface area contributed by atoms with Crippen molar-refractivity contribution in [3.8, 4) is 11.1 Å². The number of hydrogen-bond donors (Lipinski definition) is 0. The van der Waals surface area contributed by atoms with Crippen LogP contribution in [-0.4, -0.2) is 15.6 Å². The summed E-state index contributed by atoms with van der Waals surface area (Å²) in [4.78, 5) is 0. The van der Waals surface area contributed by atoms with E-state index in [1.807, 2.05) is 18.2 Å². The Labute approximate surface area is 151 Å². The average Bonchev–Trinajstić information content (AvgIpc) is 2.57. The molecule has 1 nitrogen and oxygen atoms in total. The summed E-state index contributed by atoms with van der Waals surface area (Å²) in [7, 11) is -1.44. The number of hydrogen-bond acceptors (Lipinski definition) is 1. The third-order valence-electron chi connectivity index (χ3n) is 3.88. The van der Waals surface area contributed by atoms with Gasteiger partial charge in [-0.15, -0.1) is 0 Å². The molecule has 6 heteroatoms. The fourth-order valence-electron chi connectivity index (χ4n) is 2.78. The summed E-state index contributed by atoms with van der Waals surface area (Å²) in [5, 5.41) is 2.69. The Morgan fingerprint density at radius 3 is 2.36 bits per heavy atom. The van der Waals surface area contributed by atoms with E-state index in [9.17, 15) is 0 Å². The summed E-state index contributed by atoms with van der Waals surface area (Å²) < 4.78 is 6.05. The van der Waals surface area contributed by atoms with E-state index in [4.69, 9.17) is 50.8 Å². The summed E-state index contributed by atoms with van der Waals surface area (Å²) in [5.41, 5.74) is 1.87. The fraction of sp³-hybridized carbons (Fsp3) is 0.250. The van der Waals surface area contributed by atoms with Gasteiger partial charge in [-0.1, -0.05) is 77.1 Å². The molecule has 3 rings (SSSR count). The first-order valence-electron chi connectivity index (χ1n) is 7.13. The number of benzene rings is 2. The van der Waals surface area contributed by atoms with E-state index in [1.165, 1.54) is 11.6 Å². The van der Waals surface area contributed by atoms with Crippen LogP contribution in [0.15, 0.2) is 30.3 Å². The molecular formula is C16H14Cl4OSi. The number of rotatable bonds is 2. The molecule has 1 heterocycles. The normalized spacial score (nSPS) is 18.5. The molecule has 1 aliphatic heterocycles. The van der Waals surface area contributed by atoms with Gasteiger partial charge in [0.05, 0.1) is 20.1 Å². The van der Waals surface area contributed by atoms with Crippen molar-refractivity contribution in [2.24, 2.45) is 0 Å². The van der Waals surface area contributed by atoms with Crippen LogP contribution in [0.5, 0.6) is 0 Å². The molecule has 0 amide bonds. The molecule has 0 spiro atoms. The van der Waals surface area contributed by atoms with Crippen LogP contribution < -0.4 is 5.19 Å². The maximum absolute atomic E-state index is 6.42. The molecule has 1 unspecified atom stereocenters. The lowest BCUT2D eigenvalue weighted by Crippen LogP contribution is -2.37. The van der Waals surface area contributed by atoms with Crippen LogP contribution in [-0.2, 0) is 4.43 Å². The summed E-state index contributed by atoms with van der Waals surface area (Å²) >= 11 is 24.9. The smallest absolute Gasteiger partial charge is 0.208 e. The van der Waals surface area contributed by atoms with Crippen molar-refractivity contribution in [1.82, 2.24) is 0 Å². The van der Waals surface area contributed by atoms with E-state index in [1.54, 1.807) is 6.07 Å². The van der Waals surface area contributed by atoms with E-state index in [-0.39, 0.29) is 0 Å².